The van der Waals surface area contributed by atoms with E-state index >= 15 is 0 Å². The van der Waals surface area contributed by atoms with Gasteiger partial charge in [-0.15, -0.1) is 0 Å². The van der Waals surface area contributed by atoms with Gasteiger partial charge in [-0.2, -0.15) is 0 Å². The van der Waals surface area contributed by atoms with Gasteiger partial charge in [-0.1, -0.05) is 0 Å². The van der Waals surface area contributed by atoms with Gasteiger partial charge >= 0.3 is 0 Å². The summed E-state index contributed by atoms with van der Waals surface area (Å²) < 4.78 is 5.24. The van der Waals surface area contributed by atoms with Crippen molar-refractivity contribution in [3.8, 4) is 17.1 Å². The average Bonchev–Trinajstić information content (AvgIpc) is 3.24. The molecule has 2 unspecified atom stereocenters. The second kappa shape index (κ2) is 5.74. The summed E-state index contributed by atoms with van der Waals surface area (Å²) in [6.45, 7) is 2.14. The Bertz CT molecular complexity index is 909. The lowest BCUT2D eigenvalue weighted by Crippen LogP contribution is -2.51. The van der Waals surface area contributed by atoms with Crippen molar-refractivity contribution in [1.29, 1.82) is 0 Å². The minimum absolute atomic E-state index is 0.614. The Morgan fingerprint density at radius 3 is 2.68 bits per heavy atom. The molecule has 128 valence electrons. The van der Waals surface area contributed by atoms with E-state index in [1.54, 1.807) is 13.3 Å². The molecule has 5 rings (SSSR count). The molecule has 0 spiro atoms. The van der Waals surface area contributed by atoms with Crippen LogP contribution in [0.3, 0.4) is 0 Å². The second-order valence-corrected chi connectivity index (χ2v) is 6.91. The van der Waals surface area contributed by atoms with E-state index in [1.807, 2.05) is 18.3 Å². The number of aromatic nitrogens is 3. The first kappa shape index (κ1) is 14.7. The van der Waals surface area contributed by atoms with E-state index in [1.165, 1.54) is 23.9 Å². The molecule has 0 amide bonds. The van der Waals surface area contributed by atoms with Crippen molar-refractivity contribution in [2.75, 3.05) is 25.1 Å². The minimum Gasteiger partial charge on any atom is -0.481 e. The molecule has 2 saturated heterocycles. The summed E-state index contributed by atoms with van der Waals surface area (Å²) >= 11 is 0. The lowest BCUT2D eigenvalue weighted by Gasteiger charge is -2.34. The topological polar surface area (TPSA) is 66.1 Å². The highest BCUT2D eigenvalue weighted by molar-refractivity contribution is 5.94. The van der Waals surface area contributed by atoms with Crippen molar-refractivity contribution in [3.05, 3.63) is 36.7 Å². The summed E-state index contributed by atoms with van der Waals surface area (Å²) in [5.74, 6) is 0.614. The average molecular weight is 335 g/mol. The number of anilines is 1. The lowest BCUT2D eigenvalue weighted by molar-refractivity contribution is 0.398. The van der Waals surface area contributed by atoms with Crippen LogP contribution in [0.1, 0.15) is 12.8 Å². The third kappa shape index (κ3) is 2.53. The number of nitrogens with one attached hydrogen (secondary N) is 2. The van der Waals surface area contributed by atoms with Crippen LogP contribution in [-0.4, -0.2) is 47.2 Å². The molecule has 2 aliphatic rings. The molecule has 0 radical (unpaired) electrons. The first-order valence-corrected chi connectivity index (χ1v) is 8.79. The highest BCUT2D eigenvalue weighted by Crippen LogP contribution is 2.33. The van der Waals surface area contributed by atoms with Crippen molar-refractivity contribution in [1.82, 2.24) is 20.3 Å². The highest BCUT2D eigenvalue weighted by Gasteiger charge is 2.32. The van der Waals surface area contributed by atoms with Crippen LogP contribution in [0.4, 0.5) is 5.69 Å². The van der Waals surface area contributed by atoms with Crippen LogP contribution in [0.2, 0.25) is 0 Å². The number of ether oxygens (including phenoxy) is 1. The van der Waals surface area contributed by atoms with Gasteiger partial charge in [0.25, 0.3) is 0 Å². The minimum atomic E-state index is 0.614. The highest BCUT2D eigenvalue weighted by atomic mass is 16.5. The molecule has 0 aliphatic carbocycles. The molecule has 2 bridgehead atoms. The Morgan fingerprint density at radius 1 is 1.08 bits per heavy atom. The van der Waals surface area contributed by atoms with Gasteiger partial charge in [-0.25, -0.2) is 9.97 Å². The number of piperazine rings is 1. The molecule has 0 saturated carbocycles. The zero-order chi connectivity index (χ0) is 16.8. The molecule has 2 aliphatic heterocycles. The van der Waals surface area contributed by atoms with Gasteiger partial charge < -0.3 is 19.9 Å². The summed E-state index contributed by atoms with van der Waals surface area (Å²) in [6.07, 6.45) is 6.23. The molecular weight excluding hydrogens is 314 g/mol. The van der Waals surface area contributed by atoms with Gasteiger partial charge in [-0.05, 0) is 31.0 Å². The number of hydrogen-bond acceptors (Lipinski definition) is 5. The molecule has 25 heavy (non-hydrogen) atoms. The Hall–Kier alpha value is -2.60. The maximum atomic E-state index is 5.24. The molecular formula is C19H21N5O. The molecule has 2 fully saturated rings. The molecule has 0 aromatic carbocycles. The Labute approximate surface area is 146 Å². The number of pyridine rings is 2. The van der Waals surface area contributed by atoms with E-state index in [4.69, 9.17) is 4.74 Å². The van der Waals surface area contributed by atoms with Crippen LogP contribution in [0.15, 0.2) is 36.7 Å². The molecule has 2 atom stereocenters. The van der Waals surface area contributed by atoms with Gasteiger partial charge in [0, 0.05) is 66.0 Å². The van der Waals surface area contributed by atoms with Crippen molar-refractivity contribution < 1.29 is 4.74 Å². The second-order valence-electron chi connectivity index (χ2n) is 6.91. The maximum Gasteiger partial charge on any atom is 0.213 e. The fraction of sp³-hybridized carbons (Fsp3) is 0.368. The van der Waals surface area contributed by atoms with E-state index in [0.29, 0.717) is 18.0 Å². The number of nitrogens with zero attached hydrogens (tertiary/aromatic N) is 3. The van der Waals surface area contributed by atoms with E-state index < -0.39 is 0 Å². The van der Waals surface area contributed by atoms with Crippen molar-refractivity contribution >= 4 is 16.7 Å². The number of H-pyrrole nitrogens is 1. The summed E-state index contributed by atoms with van der Waals surface area (Å²) in [6, 6.07) is 9.48. The van der Waals surface area contributed by atoms with E-state index in [0.717, 1.165) is 30.0 Å². The fourth-order valence-electron chi connectivity index (χ4n) is 4.13. The van der Waals surface area contributed by atoms with Gasteiger partial charge in [-0.3, -0.25) is 0 Å². The third-order valence-electron chi connectivity index (χ3n) is 5.32. The van der Waals surface area contributed by atoms with Crippen molar-refractivity contribution in [2.45, 2.75) is 24.9 Å². The Balaban J connectivity index is 1.56. The monoisotopic (exact) mass is 335 g/mol. The third-order valence-corrected chi connectivity index (χ3v) is 5.32. The summed E-state index contributed by atoms with van der Waals surface area (Å²) in [5, 5.41) is 4.87. The molecule has 2 N–H and O–H groups in total. The zero-order valence-electron chi connectivity index (χ0n) is 14.2. The molecule has 3 aromatic heterocycles. The van der Waals surface area contributed by atoms with E-state index in [-0.39, 0.29) is 0 Å². The smallest absolute Gasteiger partial charge is 0.213 e. The molecule has 6 nitrogen and oxygen atoms in total. The summed E-state index contributed by atoms with van der Waals surface area (Å²) in [4.78, 5) is 14.7. The quantitative estimate of drug-likeness (QED) is 0.770. The van der Waals surface area contributed by atoms with Crippen LogP contribution in [0.25, 0.3) is 22.3 Å². The molecule has 5 heterocycles. The first-order chi connectivity index (χ1) is 12.3. The fourth-order valence-corrected chi connectivity index (χ4v) is 4.13. The van der Waals surface area contributed by atoms with Crippen LogP contribution in [0, 0.1) is 0 Å². The van der Waals surface area contributed by atoms with Crippen LogP contribution in [-0.2, 0) is 0 Å². The van der Waals surface area contributed by atoms with Gasteiger partial charge in [0.05, 0.1) is 7.11 Å². The number of rotatable bonds is 3. The first-order valence-electron chi connectivity index (χ1n) is 8.79. The zero-order valence-corrected chi connectivity index (χ0v) is 14.2. The van der Waals surface area contributed by atoms with Crippen LogP contribution < -0.4 is 15.0 Å². The predicted molar refractivity (Wildman–Crippen MR) is 98.0 cm³/mol. The normalized spacial score (nSPS) is 22.5. The number of aromatic amines is 1. The van der Waals surface area contributed by atoms with Crippen molar-refractivity contribution in [2.24, 2.45) is 0 Å². The van der Waals surface area contributed by atoms with Gasteiger partial charge in [0.2, 0.25) is 5.88 Å². The molecule has 3 aromatic rings. The lowest BCUT2D eigenvalue weighted by atomic mass is 10.1. The standard InChI is InChI=1S/C19H21N5O/c1-25-18-8-12(4-6-20-18)16-9-15-17(5-7-21-19(15)23-16)24-10-13-2-3-14(11-24)22-13/h4-9,13-14,22H,2-3,10-11H2,1H3,(H,21,23). The molecule has 6 heteroatoms. The number of methoxy groups -OCH3 is 1. The number of hydrogen-bond donors (Lipinski definition) is 2. The van der Waals surface area contributed by atoms with Crippen molar-refractivity contribution in [3.63, 3.8) is 0 Å². The largest absolute Gasteiger partial charge is 0.481 e. The Kier molecular flexibility index (Phi) is 3.38. The van der Waals surface area contributed by atoms with Crippen LogP contribution in [0.5, 0.6) is 5.88 Å². The maximum absolute atomic E-state index is 5.24. The summed E-state index contributed by atoms with van der Waals surface area (Å²) in [5.41, 5.74) is 4.28. The van der Waals surface area contributed by atoms with Crippen LogP contribution >= 0.6 is 0 Å². The SMILES string of the molecule is COc1cc(-c2cc3c(N4CC5CCC(C4)N5)ccnc3[nH]2)ccn1. The summed E-state index contributed by atoms with van der Waals surface area (Å²) in [7, 11) is 1.63. The van der Waals surface area contributed by atoms with E-state index in [2.05, 4.69) is 37.3 Å². The van der Waals surface area contributed by atoms with E-state index in [9.17, 15) is 0 Å². The number of fused-ring (bicyclic) bond motifs is 3. The predicted octanol–water partition coefficient (Wildman–Crippen LogP) is 2.57. The Morgan fingerprint density at radius 2 is 1.88 bits per heavy atom. The van der Waals surface area contributed by atoms with Gasteiger partial charge in [0.15, 0.2) is 0 Å². The van der Waals surface area contributed by atoms with Gasteiger partial charge in [0.1, 0.15) is 5.65 Å².